The Balaban J connectivity index is 2.22. The maximum absolute atomic E-state index is 5.68. The van der Waals surface area contributed by atoms with E-state index in [2.05, 4.69) is 48.8 Å². The maximum Gasteiger partial charge on any atom is 0.0718 e. The molecular weight excluding hydrogens is 196 g/mol. The first-order valence-corrected chi connectivity index (χ1v) is 5.79. The summed E-state index contributed by atoms with van der Waals surface area (Å²) in [5, 5.41) is 0. The Morgan fingerprint density at radius 2 is 2.12 bits per heavy atom. The van der Waals surface area contributed by atoms with Crippen molar-refractivity contribution in [1.82, 2.24) is 5.43 Å². The van der Waals surface area contributed by atoms with E-state index in [0.717, 1.165) is 6.42 Å². The molecule has 1 aromatic carbocycles. The lowest BCUT2D eigenvalue weighted by molar-refractivity contribution is 0.639. The van der Waals surface area contributed by atoms with Gasteiger partial charge in [-0.25, -0.2) is 5.43 Å². The zero-order valence-electron chi connectivity index (χ0n) is 9.40. The van der Waals surface area contributed by atoms with Crippen molar-refractivity contribution in [2.75, 3.05) is 0 Å². The minimum Gasteiger partial charge on any atom is -0.271 e. The average molecular weight is 212 g/mol. The molecule has 82 valence electrons. The van der Waals surface area contributed by atoms with E-state index < -0.39 is 0 Å². The van der Waals surface area contributed by atoms with Crippen molar-refractivity contribution in [1.29, 1.82) is 0 Å². The van der Waals surface area contributed by atoms with Crippen LogP contribution in [0.5, 0.6) is 0 Å². The first-order chi connectivity index (χ1) is 7.83. The zero-order valence-corrected chi connectivity index (χ0v) is 9.40. The lowest BCUT2D eigenvalue weighted by Crippen LogP contribution is -2.28. The number of hydrogen-bond donors (Lipinski definition) is 2. The van der Waals surface area contributed by atoms with E-state index in [9.17, 15) is 0 Å². The fraction of sp³-hybridized carbons (Fsp3) is 0.286. The van der Waals surface area contributed by atoms with E-state index in [1.807, 2.05) is 0 Å². The Morgan fingerprint density at radius 3 is 2.94 bits per heavy atom. The number of allylic oxidation sites excluding steroid dienone is 2. The third-order valence-corrected chi connectivity index (χ3v) is 3.63. The summed E-state index contributed by atoms with van der Waals surface area (Å²) >= 11 is 0. The largest absolute Gasteiger partial charge is 0.271 e. The Morgan fingerprint density at radius 1 is 1.31 bits per heavy atom. The Bertz CT molecular complexity index is 485. The van der Waals surface area contributed by atoms with Crippen molar-refractivity contribution in [2.45, 2.75) is 19.4 Å². The second kappa shape index (κ2) is 3.58. The first-order valence-electron chi connectivity index (χ1n) is 5.79. The van der Waals surface area contributed by atoms with Crippen molar-refractivity contribution in [2.24, 2.45) is 11.8 Å². The number of nitrogens with one attached hydrogen (secondary N) is 1. The molecule has 2 atom stereocenters. The molecule has 0 amide bonds. The van der Waals surface area contributed by atoms with Gasteiger partial charge >= 0.3 is 0 Å². The fourth-order valence-corrected chi connectivity index (χ4v) is 2.91. The van der Waals surface area contributed by atoms with Gasteiger partial charge in [-0.15, -0.1) is 0 Å². The van der Waals surface area contributed by atoms with E-state index in [1.165, 1.54) is 22.3 Å². The number of nitrogens with two attached hydrogens (primary N) is 1. The minimum absolute atomic E-state index is 0.171. The standard InChI is InChI=1S/C14H16N2/c1-9-5-4-8-12-13(9)10-6-2-3-7-11(10)14(12)16-15/h2-4,6-9,14,16H,5,15H2,1H3. The van der Waals surface area contributed by atoms with Crippen LogP contribution >= 0.6 is 0 Å². The van der Waals surface area contributed by atoms with Gasteiger partial charge in [-0.3, -0.25) is 5.84 Å². The molecule has 0 bridgehead atoms. The molecule has 0 aromatic heterocycles. The summed E-state index contributed by atoms with van der Waals surface area (Å²) in [5.41, 5.74) is 8.44. The highest BCUT2D eigenvalue weighted by Crippen LogP contribution is 2.46. The summed E-state index contributed by atoms with van der Waals surface area (Å²) in [7, 11) is 0. The molecule has 16 heavy (non-hydrogen) atoms. The molecule has 0 saturated carbocycles. The molecule has 3 N–H and O–H groups in total. The molecule has 0 saturated heterocycles. The van der Waals surface area contributed by atoms with Crippen molar-refractivity contribution in [3.05, 3.63) is 53.1 Å². The van der Waals surface area contributed by atoms with Crippen LogP contribution in [0.15, 0.2) is 42.0 Å². The fourth-order valence-electron chi connectivity index (χ4n) is 2.91. The molecule has 0 fully saturated rings. The highest BCUT2D eigenvalue weighted by Gasteiger charge is 2.32. The van der Waals surface area contributed by atoms with Gasteiger partial charge in [-0.2, -0.15) is 0 Å². The normalized spacial score (nSPS) is 26.9. The monoisotopic (exact) mass is 212 g/mol. The summed E-state index contributed by atoms with van der Waals surface area (Å²) in [6.45, 7) is 2.29. The van der Waals surface area contributed by atoms with Gasteiger partial charge in [0.1, 0.15) is 0 Å². The lowest BCUT2D eigenvalue weighted by atomic mass is 9.87. The van der Waals surface area contributed by atoms with Crippen LogP contribution in [0, 0.1) is 5.92 Å². The highest BCUT2D eigenvalue weighted by molar-refractivity contribution is 5.82. The number of fused-ring (bicyclic) bond motifs is 2. The summed E-state index contributed by atoms with van der Waals surface area (Å²) in [4.78, 5) is 0. The van der Waals surface area contributed by atoms with Crippen molar-refractivity contribution < 1.29 is 0 Å². The summed E-state index contributed by atoms with van der Waals surface area (Å²) in [6, 6.07) is 8.73. The number of rotatable bonds is 1. The van der Waals surface area contributed by atoms with Gasteiger partial charge in [-0.05, 0) is 34.6 Å². The van der Waals surface area contributed by atoms with Gasteiger partial charge in [0.2, 0.25) is 0 Å². The van der Waals surface area contributed by atoms with Crippen molar-refractivity contribution in [3.8, 4) is 0 Å². The molecule has 0 aliphatic heterocycles. The van der Waals surface area contributed by atoms with Crippen molar-refractivity contribution in [3.63, 3.8) is 0 Å². The van der Waals surface area contributed by atoms with E-state index in [4.69, 9.17) is 5.84 Å². The molecule has 2 unspecified atom stereocenters. The maximum atomic E-state index is 5.68. The molecular formula is C14H16N2. The van der Waals surface area contributed by atoms with Gasteiger partial charge in [0, 0.05) is 0 Å². The zero-order chi connectivity index (χ0) is 11.1. The quantitative estimate of drug-likeness (QED) is 0.554. The topological polar surface area (TPSA) is 38.0 Å². The van der Waals surface area contributed by atoms with Crippen LogP contribution in [0.4, 0.5) is 0 Å². The second-order valence-corrected chi connectivity index (χ2v) is 4.60. The Labute approximate surface area is 95.8 Å². The van der Waals surface area contributed by atoms with Crippen LogP contribution in [0.1, 0.15) is 30.5 Å². The van der Waals surface area contributed by atoms with Crippen LogP contribution < -0.4 is 11.3 Å². The predicted octanol–water partition coefficient (Wildman–Crippen LogP) is 2.55. The molecule has 0 heterocycles. The van der Waals surface area contributed by atoms with Crippen LogP contribution in [0.3, 0.4) is 0 Å². The third kappa shape index (κ3) is 1.20. The van der Waals surface area contributed by atoms with Gasteiger partial charge in [0.05, 0.1) is 6.04 Å². The van der Waals surface area contributed by atoms with Gasteiger partial charge < -0.3 is 0 Å². The minimum atomic E-state index is 0.171. The van der Waals surface area contributed by atoms with Crippen LogP contribution in [0.25, 0.3) is 5.57 Å². The molecule has 2 heteroatoms. The second-order valence-electron chi connectivity index (χ2n) is 4.60. The van der Waals surface area contributed by atoms with Gasteiger partial charge in [0.15, 0.2) is 0 Å². The van der Waals surface area contributed by atoms with E-state index in [-0.39, 0.29) is 6.04 Å². The Kier molecular flexibility index (Phi) is 2.20. The number of benzene rings is 1. The number of hydrazine groups is 1. The summed E-state index contributed by atoms with van der Waals surface area (Å²) in [6.07, 6.45) is 5.60. The molecule has 0 spiro atoms. The predicted molar refractivity (Wildman–Crippen MR) is 66.3 cm³/mol. The number of hydrogen-bond acceptors (Lipinski definition) is 2. The molecule has 0 radical (unpaired) electrons. The molecule has 2 aliphatic carbocycles. The van der Waals surface area contributed by atoms with E-state index in [0.29, 0.717) is 5.92 Å². The van der Waals surface area contributed by atoms with Gasteiger partial charge in [0.25, 0.3) is 0 Å². The Hall–Kier alpha value is -1.38. The summed E-state index contributed by atoms with van der Waals surface area (Å²) < 4.78 is 0. The molecule has 3 rings (SSSR count). The highest BCUT2D eigenvalue weighted by atomic mass is 15.2. The smallest absolute Gasteiger partial charge is 0.0718 e. The lowest BCUT2D eigenvalue weighted by Gasteiger charge is -2.19. The van der Waals surface area contributed by atoms with Gasteiger partial charge in [-0.1, -0.05) is 43.3 Å². The van der Waals surface area contributed by atoms with Crippen LogP contribution in [0.2, 0.25) is 0 Å². The third-order valence-electron chi connectivity index (χ3n) is 3.63. The van der Waals surface area contributed by atoms with E-state index >= 15 is 0 Å². The molecule has 1 aromatic rings. The van der Waals surface area contributed by atoms with Crippen molar-refractivity contribution >= 4 is 5.57 Å². The van der Waals surface area contributed by atoms with Crippen LogP contribution in [-0.2, 0) is 0 Å². The molecule has 2 aliphatic rings. The first kappa shape index (κ1) is 9.82. The summed E-state index contributed by atoms with van der Waals surface area (Å²) in [5.74, 6) is 6.28. The SMILES string of the molecule is CC1CC=CC2=C1c1ccccc1C2NN. The van der Waals surface area contributed by atoms with E-state index in [1.54, 1.807) is 0 Å². The average Bonchev–Trinajstić information content (AvgIpc) is 2.64. The van der Waals surface area contributed by atoms with Crippen LogP contribution in [-0.4, -0.2) is 0 Å². The molecule has 2 nitrogen and oxygen atoms in total.